The fraction of sp³-hybridized carbons (Fsp3) is 0. The van der Waals surface area contributed by atoms with Gasteiger partial charge in [-0.15, -0.1) is 0 Å². The molecule has 0 unspecified atom stereocenters. The fourth-order valence-electron chi connectivity index (χ4n) is 1.83. The highest BCUT2D eigenvalue weighted by atomic mass is 16.5. The largest absolute Gasteiger partial charge is 0.455 e. The van der Waals surface area contributed by atoms with Gasteiger partial charge in [-0.3, -0.25) is 4.98 Å². The van der Waals surface area contributed by atoms with Crippen molar-refractivity contribution in [2.75, 3.05) is 5.73 Å². The minimum Gasteiger partial charge on any atom is -0.455 e. The van der Waals surface area contributed by atoms with E-state index in [1.54, 1.807) is 6.20 Å². The molecule has 0 radical (unpaired) electrons. The Balaban J connectivity index is 1.98. The maximum Gasteiger partial charge on any atom is 0.150 e. The number of anilines is 1. The molecule has 3 heteroatoms. The summed E-state index contributed by atoms with van der Waals surface area (Å²) in [7, 11) is 0. The van der Waals surface area contributed by atoms with Crippen LogP contribution in [0.4, 0.5) is 5.69 Å². The van der Waals surface area contributed by atoms with E-state index < -0.39 is 0 Å². The van der Waals surface area contributed by atoms with Gasteiger partial charge in [0.25, 0.3) is 0 Å². The normalized spacial score (nSPS) is 10.4. The van der Waals surface area contributed by atoms with Crippen LogP contribution in [0.25, 0.3) is 10.8 Å². The second kappa shape index (κ2) is 4.37. The Morgan fingerprint density at radius 3 is 2.72 bits per heavy atom. The minimum atomic E-state index is 0.629. The van der Waals surface area contributed by atoms with Crippen molar-refractivity contribution in [1.82, 2.24) is 4.98 Å². The quantitative estimate of drug-likeness (QED) is 0.691. The van der Waals surface area contributed by atoms with E-state index in [1.165, 1.54) is 0 Å². The SMILES string of the molecule is Nc1ccccc1Oc1ccc2ccncc2c1. The number of hydrogen-bond donors (Lipinski definition) is 1. The van der Waals surface area contributed by atoms with Crippen molar-refractivity contribution in [3.05, 3.63) is 60.9 Å². The summed E-state index contributed by atoms with van der Waals surface area (Å²) in [4.78, 5) is 4.10. The number of aromatic nitrogens is 1. The van der Waals surface area contributed by atoms with Crippen LogP contribution >= 0.6 is 0 Å². The van der Waals surface area contributed by atoms with Gasteiger partial charge < -0.3 is 10.5 Å². The number of nitrogen functional groups attached to an aromatic ring is 1. The van der Waals surface area contributed by atoms with E-state index in [0.29, 0.717) is 11.4 Å². The molecular weight excluding hydrogens is 224 g/mol. The molecule has 2 N–H and O–H groups in total. The van der Waals surface area contributed by atoms with Crippen LogP contribution in [-0.2, 0) is 0 Å². The summed E-state index contributed by atoms with van der Waals surface area (Å²) >= 11 is 0. The van der Waals surface area contributed by atoms with Gasteiger partial charge in [-0.25, -0.2) is 0 Å². The van der Waals surface area contributed by atoms with Crippen molar-refractivity contribution in [2.24, 2.45) is 0 Å². The van der Waals surface area contributed by atoms with Crippen molar-refractivity contribution in [1.29, 1.82) is 0 Å². The van der Waals surface area contributed by atoms with Gasteiger partial charge >= 0.3 is 0 Å². The number of para-hydroxylation sites is 2. The van der Waals surface area contributed by atoms with E-state index in [0.717, 1.165) is 16.5 Å². The average Bonchev–Trinajstić information content (AvgIpc) is 2.41. The molecule has 0 aliphatic carbocycles. The molecule has 3 nitrogen and oxygen atoms in total. The summed E-state index contributed by atoms with van der Waals surface area (Å²) in [6.45, 7) is 0. The highest BCUT2D eigenvalue weighted by Crippen LogP contribution is 2.28. The number of benzene rings is 2. The predicted molar refractivity (Wildman–Crippen MR) is 72.7 cm³/mol. The molecular formula is C15H12N2O. The molecule has 3 rings (SSSR count). The summed E-state index contributed by atoms with van der Waals surface area (Å²) < 4.78 is 5.76. The molecule has 0 amide bonds. The molecule has 0 aliphatic rings. The third-order valence-electron chi connectivity index (χ3n) is 2.76. The lowest BCUT2D eigenvalue weighted by Gasteiger charge is -2.08. The van der Waals surface area contributed by atoms with Crippen LogP contribution in [0, 0.1) is 0 Å². The zero-order valence-corrected chi connectivity index (χ0v) is 9.71. The molecule has 18 heavy (non-hydrogen) atoms. The molecule has 0 spiro atoms. The van der Waals surface area contributed by atoms with Crippen LogP contribution in [0.15, 0.2) is 60.9 Å². The van der Waals surface area contributed by atoms with Gasteiger partial charge in [0, 0.05) is 17.8 Å². The predicted octanol–water partition coefficient (Wildman–Crippen LogP) is 3.61. The molecule has 0 saturated heterocycles. The Labute approximate surface area is 105 Å². The Morgan fingerprint density at radius 1 is 0.944 bits per heavy atom. The summed E-state index contributed by atoms with van der Waals surface area (Å²) in [5.41, 5.74) is 6.47. The third-order valence-corrected chi connectivity index (χ3v) is 2.76. The van der Waals surface area contributed by atoms with Crippen LogP contribution in [0.2, 0.25) is 0 Å². The number of nitrogens with zero attached hydrogens (tertiary/aromatic N) is 1. The van der Waals surface area contributed by atoms with Crippen LogP contribution in [-0.4, -0.2) is 4.98 Å². The van der Waals surface area contributed by atoms with E-state index >= 15 is 0 Å². The van der Waals surface area contributed by atoms with Crippen LogP contribution in [0.3, 0.4) is 0 Å². The molecule has 0 saturated carbocycles. The summed E-state index contributed by atoms with van der Waals surface area (Å²) in [6.07, 6.45) is 3.59. The first kappa shape index (κ1) is 10.6. The maximum absolute atomic E-state index is 5.84. The Bertz CT molecular complexity index is 695. The second-order valence-corrected chi connectivity index (χ2v) is 4.02. The fourth-order valence-corrected chi connectivity index (χ4v) is 1.83. The summed E-state index contributed by atoms with van der Waals surface area (Å²) in [6, 6.07) is 15.3. The smallest absolute Gasteiger partial charge is 0.150 e. The first-order chi connectivity index (χ1) is 8.83. The third kappa shape index (κ3) is 1.98. The number of rotatable bonds is 2. The lowest BCUT2D eigenvalue weighted by Crippen LogP contribution is -1.91. The minimum absolute atomic E-state index is 0.629. The summed E-state index contributed by atoms with van der Waals surface area (Å²) in [5, 5.41) is 2.18. The van der Waals surface area contributed by atoms with E-state index in [4.69, 9.17) is 10.5 Å². The monoisotopic (exact) mass is 236 g/mol. The van der Waals surface area contributed by atoms with Gasteiger partial charge in [0.05, 0.1) is 5.69 Å². The standard InChI is InChI=1S/C15H12N2O/c16-14-3-1-2-4-15(14)18-13-6-5-11-7-8-17-10-12(11)9-13/h1-10H,16H2. The van der Waals surface area contributed by atoms with Crippen molar-refractivity contribution >= 4 is 16.5 Å². The summed E-state index contributed by atoms with van der Waals surface area (Å²) in [5.74, 6) is 1.43. The van der Waals surface area contributed by atoms with Crippen LogP contribution < -0.4 is 10.5 Å². The molecule has 88 valence electrons. The van der Waals surface area contributed by atoms with Crippen molar-refractivity contribution in [3.63, 3.8) is 0 Å². The molecule has 0 aliphatic heterocycles. The van der Waals surface area contributed by atoms with Gasteiger partial charge in [0.2, 0.25) is 0 Å². The topological polar surface area (TPSA) is 48.1 Å². The molecule has 0 atom stereocenters. The average molecular weight is 236 g/mol. The van der Waals surface area contributed by atoms with Crippen molar-refractivity contribution in [3.8, 4) is 11.5 Å². The van der Waals surface area contributed by atoms with Crippen LogP contribution in [0.1, 0.15) is 0 Å². The van der Waals surface area contributed by atoms with Crippen molar-refractivity contribution in [2.45, 2.75) is 0 Å². The second-order valence-electron chi connectivity index (χ2n) is 4.02. The van der Waals surface area contributed by atoms with E-state index in [-0.39, 0.29) is 0 Å². The van der Waals surface area contributed by atoms with E-state index in [1.807, 2.05) is 54.7 Å². The molecule has 3 aromatic rings. The molecule has 1 heterocycles. The number of pyridine rings is 1. The van der Waals surface area contributed by atoms with Crippen LogP contribution in [0.5, 0.6) is 11.5 Å². The van der Waals surface area contributed by atoms with Gasteiger partial charge in [-0.1, -0.05) is 18.2 Å². The highest BCUT2D eigenvalue weighted by Gasteiger charge is 2.02. The zero-order valence-electron chi connectivity index (χ0n) is 9.71. The Morgan fingerprint density at radius 2 is 1.83 bits per heavy atom. The van der Waals surface area contributed by atoms with E-state index in [9.17, 15) is 0 Å². The number of fused-ring (bicyclic) bond motifs is 1. The lowest BCUT2D eigenvalue weighted by atomic mass is 10.2. The molecule has 2 aromatic carbocycles. The first-order valence-corrected chi connectivity index (χ1v) is 5.69. The Hall–Kier alpha value is -2.55. The molecule has 0 fully saturated rings. The number of nitrogens with two attached hydrogens (primary N) is 1. The van der Waals surface area contributed by atoms with Gasteiger partial charge in [-0.05, 0) is 35.7 Å². The maximum atomic E-state index is 5.84. The highest BCUT2D eigenvalue weighted by molar-refractivity contribution is 5.82. The molecule has 1 aromatic heterocycles. The van der Waals surface area contributed by atoms with Crippen molar-refractivity contribution < 1.29 is 4.74 Å². The number of ether oxygens (including phenoxy) is 1. The lowest BCUT2D eigenvalue weighted by molar-refractivity contribution is 0.486. The first-order valence-electron chi connectivity index (χ1n) is 5.69. The zero-order chi connectivity index (χ0) is 12.4. The molecule has 0 bridgehead atoms. The van der Waals surface area contributed by atoms with Gasteiger partial charge in [-0.2, -0.15) is 0 Å². The van der Waals surface area contributed by atoms with Gasteiger partial charge in [0.1, 0.15) is 11.5 Å². The Kier molecular flexibility index (Phi) is 2.57. The van der Waals surface area contributed by atoms with E-state index in [2.05, 4.69) is 4.98 Å². The van der Waals surface area contributed by atoms with Gasteiger partial charge in [0.15, 0.2) is 0 Å². The number of hydrogen-bond acceptors (Lipinski definition) is 3.